The molecule has 96 valence electrons. The van der Waals surface area contributed by atoms with Crippen LogP contribution in [0.2, 0.25) is 0 Å². The molecule has 0 aliphatic rings. The van der Waals surface area contributed by atoms with E-state index in [-0.39, 0.29) is 0 Å². The van der Waals surface area contributed by atoms with E-state index >= 15 is 0 Å². The lowest BCUT2D eigenvalue weighted by Crippen LogP contribution is -1.91. The highest BCUT2D eigenvalue weighted by Gasteiger charge is 1.96. The molecule has 1 N–H and O–H groups in total. The minimum Gasteiger partial charge on any atom is -0.478 e. The Morgan fingerprint density at radius 2 is 1.58 bits per heavy atom. The minimum absolute atomic E-state index is 0.898. The molecular weight excluding hydrogens is 238 g/mol. The van der Waals surface area contributed by atoms with Crippen molar-refractivity contribution in [1.82, 2.24) is 4.98 Å². The van der Waals surface area contributed by atoms with E-state index in [1.54, 1.807) is 18.5 Å². The van der Waals surface area contributed by atoms with Gasteiger partial charge in [-0.3, -0.25) is 4.98 Å². The number of nitrogens with zero attached hydrogens (tertiary/aromatic N) is 1. The van der Waals surface area contributed by atoms with E-state index in [1.807, 2.05) is 36.4 Å². The summed E-state index contributed by atoms with van der Waals surface area (Å²) in [6.07, 6.45) is 8.28. The van der Waals surface area contributed by atoms with E-state index in [0.717, 1.165) is 24.5 Å². The van der Waals surface area contributed by atoms with Gasteiger partial charge in [0.1, 0.15) is 0 Å². The molecule has 0 fully saturated rings. The zero-order valence-electron chi connectivity index (χ0n) is 10.5. The maximum atomic E-state index is 10.4. The lowest BCUT2D eigenvalue weighted by Gasteiger charge is -2.02. The van der Waals surface area contributed by atoms with E-state index < -0.39 is 5.97 Å². The molecule has 3 nitrogen and oxygen atoms in total. The van der Waals surface area contributed by atoms with Crippen molar-refractivity contribution in [1.29, 1.82) is 0 Å². The fraction of sp³-hybridized carbons (Fsp3) is 0.125. The third kappa shape index (κ3) is 4.39. The summed E-state index contributed by atoms with van der Waals surface area (Å²) in [7, 11) is 0. The van der Waals surface area contributed by atoms with Gasteiger partial charge in [0.25, 0.3) is 0 Å². The van der Waals surface area contributed by atoms with Crippen LogP contribution in [-0.2, 0) is 17.6 Å². The molecule has 1 heterocycles. The first-order valence-electron chi connectivity index (χ1n) is 6.13. The van der Waals surface area contributed by atoms with Gasteiger partial charge in [-0.25, -0.2) is 4.79 Å². The van der Waals surface area contributed by atoms with Crippen LogP contribution in [0, 0.1) is 0 Å². The number of carboxylic acid groups (broad SMARTS) is 1. The number of aliphatic carboxylic acids is 1. The Morgan fingerprint density at radius 1 is 1.00 bits per heavy atom. The second-order valence-electron chi connectivity index (χ2n) is 4.27. The Kier molecular flexibility index (Phi) is 4.45. The van der Waals surface area contributed by atoms with Crippen molar-refractivity contribution in [2.75, 3.05) is 0 Å². The summed E-state index contributed by atoms with van der Waals surface area (Å²) in [5.74, 6) is -0.929. The van der Waals surface area contributed by atoms with Crippen LogP contribution in [0.3, 0.4) is 0 Å². The van der Waals surface area contributed by atoms with Crippen molar-refractivity contribution in [2.24, 2.45) is 0 Å². The molecule has 2 rings (SSSR count). The zero-order chi connectivity index (χ0) is 13.5. The highest BCUT2D eigenvalue weighted by Crippen LogP contribution is 2.09. The predicted molar refractivity (Wildman–Crippen MR) is 74.8 cm³/mol. The summed E-state index contributed by atoms with van der Waals surface area (Å²) in [4.78, 5) is 14.4. The van der Waals surface area contributed by atoms with Crippen molar-refractivity contribution in [3.8, 4) is 0 Å². The third-order valence-corrected chi connectivity index (χ3v) is 2.85. The van der Waals surface area contributed by atoms with Crippen molar-refractivity contribution in [2.45, 2.75) is 12.8 Å². The van der Waals surface area contributed by atoms with Crippen LogP contribution in [0.25, 0.3) is 6.08 Å². The number of hydrogen-bond donors (Lipinski definition) is 1. The lowest BCUT2D eigenvalue weighted by molar-refractivity contribution is -0.131. The van der Waals surface area contributed by atoms with Gasteiger partial charge in [-0.15, -0.1) is 0 Å². The minimum atomic E-state index is -0.929. The molecule has 1 aromatic carbocycles. The van der Waals surface area contributed by atoms with Crippen LogP contribution in [0.15, 0.2) is 54.9 Å². The Bertz CT molecular complexity index is 559. The van der Waals surface area contributed by atoms with Crippen molar-refractivity contribution in [3.63, 3.8) is 0 Å². The molecule has 1 aromatic heterocycles. The summed E-state index contributed by atoms with van der Waals surface area (Å²) in [5.41, 5.74) is 3.41. The lowest BCUT2D eigenvalue weighted by atomic mass is 10.0. The molecule has 0 unspecified atom stereocenters. The monoisotopic (exact) mass is 253 g/mol. The van der Waals surface area contributed by atoms with Gasteiger partial charge in [0.2, 0.25) is 0 Å². The molecule has 0 bridgehead atoms. The summed E-state index contributed by atoms with van der Waals surface area (Å²) in [6, 6.07) is 12.0. The average Bonchev–Trinajstić information content (AvgIpc) is 2.45. The molecule has 3 heteroatoms. The quantitative estimate of drug-likeness (QED) is 0.833. The average molecular weight is 253 g/mol. The van der Waals surface area contributed by atoms with Crippen LogP contribution in [0.1, 0.15) is 16.7 Å². The maximum absolute atomic E-state index is 10.4. The molecule has 0 amide bonds. The summed E-state index contributed by atoms with van der Waals surface area (Å²) in [5, 5.41) is 8.55. The number of hydrogen-bond acceptors (Lipinski definition) is 2. The summed E-state index contributed by atoms with van der Waals surface area (Å²) in [6.45, 7) is 0. The molecule has 0 saturated heterocycles. The van der Waals surface area contributed by atoms with Gasteiger partial charge in [0.05, 0.1) is 0 Å². The fourth-order valence-electron chi connectivity index (χ4n) is 1.80. The number of carbonyl (C=O) groups is 1. The smallest absolute Gasteiger partial charge is 0.328 e. The summed E-state index contributed by atoms with van der Waals surface area (Å²) < 4.78 is 0. The standard InChI is InChI=1S/C16H15NO2/c18-16(19)8-7-14-3-1-13(2-4-14)5-6-15-9-11-17-12-10-15/h1-4,7-12H,5-6H2,(H,18,19)/b8-7+. The van der Waals surface area contributed by atoms with E-state index in [2.05, 4.69) is 4.98 Å². The fourth-order valence-corrected chi connectivity index (χ4v) is 1.80. The maximum Gasteiger partial charge on any atom is 0.328 e. The van der Waals surface area contributed by atoms with Crippen LogP contribution < -0.4 is 0 Å². The number of benzene rings is 1. The van der Waals surface area contributed by atoms with Gasteiger partial charge in [-0.05, 0) is 47.7 Å². The molecule has 0 atom stereocenters. The first kappa shape index (κ1) is 13.0. The Balaban J connectivity index is 1.94. The van der Waals surface area contributed by atoms with Gasteiger partial charge in [0.15, 0.2) is 0 Å². The van der Waals surface area contributed by atoms with Gasteiger partial charge in [0, 0.05) is 18.5 Å². The second-order valence-corrected chi connectivity index (χ2v) is 4.27. The molecule has 0 saturated carbocycles. The van der Waals surface area contributed by atoms with Gasteiger partial charge < -0.3 is 5.11 Å². The Labute approximate surface area is 112 Å². The van der Waals surface area contributed by atoms with Gasteiger partial charge in [-0.1, -0.05) is 24.3 Å². The normalized spacial score (nSPS) is 10.7. The number of rotatable bonds is 5. The molecule has 0 spiro atoms. The van der Waals surface area contributed by atoms with E-state index in [0.29, 0.717) is 0 Å². The Hall–Kier alpha value is -2.42. The van der Waals surface area contributed by atoms with Crippen molar-refractivity contribution >= 4 is 12.0 Å². The predicted octanol–water partition coefficient (Wildman–Crippen LogP) is 2.96. The van der Waals surface area contributed by atoms with Crippen LogP contribution in [0.4, 0.5) is 0 Å². The Morgan fingerprint density at radius 3 is 2.16 bits per heavy atom. The number of pyridine rings is 1. The molecule has 0 aliphatic heterocycles. The largest absolute Gasteiger partial charge is 0.478 e. The van der Waals surface area contributed by atoms with Crippen LogP contribution in [0.5, 0.6) is 0 Å². The highest BCUT2D eigenvalue weighted by atomic mass is 16.4. The summed E-state index contributed by atoms with van der Waals surface area (Å²) >= 11 is 0. The zero-order valence-corrected chi connectivity index (χ0v) is 10.5. The SMILES string of the molecule is O=C(O)/C=C/c1ccc(CCc2ccncc2)cc1. The number of aryl methyl sites for hydroxylation is 2. The van der Waals surface area contributed by atoms with E-state index in [9.17, 15) is 4.79 Å². The first-order valence-corrected chi connectivity index (χ1v) is 6.13. The molecule has 19 heavy (non-hydrogen) atoms. The van der Waals surface area contributed by atoms with E-state index in [4.69, 9.17) is 5.11 Å². The number of aromatic nitrogens is 1. The highest BCUT2D eigenvalue weighted by molar-refractivity contribution is 5.85. The third-order valence-electron chi connectivity index (χ3n) is 2.85. The molecule has 0 aliphatic carbocycles. The van der Waals surface area contributed by atoms with Crippen LogP contribution >= 0.6 is 0 Å². The first-order chi connectivity index (χ1) is 9.24. The molecule has 0 radical (unpaired) electrons. The van der Waals surface area contributed by atoms with Crippen molar-refractivity contribution < 1.29 is 9.90 Å². The van der Waals surface area contributed by atoms with Gasteiger partial charge >= 0.3 is 5.97 Å². The second kappa shape index (κ2) is 6.50. The molecular formula is C16H15NO2. The van der Waals surface area contributed by atoms with Gasteiger partial charge in [-0.2, -0.15) is 0 Å². The van der Waals surface area contributed by atoms with E-state index in [1.165, 1.54) is 11.1 Å². The topological polar surface area (TPSA) is 50.2 Å². The van der Waals surface area contributed by atoms with Crippen molar-refractivity contribution in [3.05, 3.63) is 71.6 Å². The number of carboxylic acids is 1. The van der Waals surface area contributed by atoms with Crippen LogP contribution in [-0.4, -0.2) is 16.1 Å². The molecule has 2 aromatic rings.